The minimum Gasteiger partial charge on any atom is -0.355 e. The van der Waals surface area contributed by atoms with Crippen LogP contribution in [0.3, 0.4) is 0 Å². The van der Waals surface area contributed by atoms with Gasteiger partial charge in [0.05, 0.1) is 13.2 Å². The van der Waals surface area contributed by atoms with Gasteiger partial charge in [-0.15, -0.1) is 0 Å². The van der Waals surface area contributed by atoms with E-state index in [1.165, 1.54) is 77.0 Å². The van der Waals surface area contributed by atoms with E-state index in [1.807, 2.05) is 7.11 Å². The lowest BCUT2D eigenvalue weighted by Crippen LogP contribution is -2.36. The summed E-state index contributed by atoms with van der Waals surface area (Å²) in [6.07, 6.45) is 22.0. The molecule has 0 aliphatic carbocycles. The van der Waals surface area contributed by atoms with Crippen molar-refractivity contribution in [3.8, 4) is 0 Å². The number of unbranched alkanes of at least 4 members (excludes halogenated alkanes) is 10. The minimum absolute atomic E-state index is 0.266. The number of hydrogen-bond acceptors (Lipinski definition) is 6. The molecule has 0 N–H and O–H groups in total. The molecule has 0 amide bonds. The van der Waals surface area contributed by atoms with Crippen molar-refractivity contribution in [2.75, 3.05) is 32.8 Å². The van der Waals surface area contributed by atoms with Crippen molar-refractivity contribution in [2.45, 2.75) is 141 Å². The van der Waals surface area contributed by atoms with Gasteiger partial charge in [-0.2, -0.15) is 0 Å². The van der Waals surface area contributed by atoms with Crippen LogP contribution in [0.4, 0.5) is 0 Å². The van der Waals surface area contributed by atoms with Crippen molar-refractivity contribution in [1.82, 2.24) is 4.73 Å². The Hall–Kier alpha value is 0.0769. The Balaban J connectivity index is 2.14. The molecule has 0 saturated carbocycles. The van der Waals surface area contributed by atoms with Crippen LogP contribution in [0.15, 0.2) is 0 Å². The van der Waals surface area contributed by atoms with Gasteiger partial charge in [0.2, 0.25) is 0 Å². The maximum absolute atomic E-state index is 12.1. The summed E-state index contributed by atoms with van der Waals surface area (Å²) in [7, 11) is 1.38. The molecule has 0 aromatic heterocycles. The molecule has 5 nitrogen and oxygen atoms in total. The molecule has 0 aromatic carbocycles. The van der Waals surface area contributed by atoms with Crippen LogP contribution in [0.1, 0.15) is 129 Å². The van der Waals surface area contributed by atoms with Crippen LogP contribution >= 0.6 is 11.8 Å². The second-order valence-corrected chi connectivity index (χ2v) is 13.6. The monoisotopic (exact) mass is 531 g/mol. The molecular formula is C28H57NO4SSi. The Morgan fingerprint density at radius 2 is 1.57 bits per heavy atom. The van der Waals surface area contributed by atoms with Crippen molar-refractivity contribution in [3.05, 3.63) is 0 Å². The molecule has 0 radical (unpaired) electrons. The third-order valence-corrected chi connectivity index (χ3v) is 10.4. The number of ether oxygens (including phenoxy) is 2. The predicted molar refractivity (Wildman–Crippen MR) is 154 cm³/mol. The fourth-order valence-corrected chi connectivity index (χ4v) is 7.57. The minimum atomic E-state index is -0.424. The Morgan fingerprint density at radius 1 is 0.886 bits per heavy atom. The Kier molecular flexibility index (Phi) is 23.1. The van der Waals surface area contributed by atoms with Crippen LogP contribution in [0.5, 0.6) is 0 Å². The van der Waals surface area contributed by atoms with Gasteiger partial charge in [-0.25, -0.2) is 4.73 Å². The Morgan fingerprint density at radius 3 is 2.29 bits per heavy atom. The molecule has 0 aromatic rings. The molecular weight excluding hydrogens is 474 g/mol. The number of carbonyl (C=O) groups excluding carboxylic acids is 1. The normalized spacial score (nSPS) is 20.2. The second-order valence-electron chi connectivity index (χ2n) is 10.3. The summed E-state index contributed by atoms with van der Waals surface area (Å²) < 4.78 is 14.1. The van der Waals surface area contributed by atoms with Gasteiger partial charge < -0.3 is 14.3 Å². The number of hydrogen-bond donors (Lipinski definition) is 0. The fourth-order valence-electron chi connectivity index (χ4n) is 4.76. The summed E-state index contributed by atoms with van der Waals surface area (Å²) in [5, 5.41) is 0.389. The van der Waals surface area contributed by atoms with Crippen LogP contribution in [-0.2, 0) is 19.1 Å². The Bertz CT molecular complexity index is 486. The second kappa shape index (κ2) is 24.4. The van der Waals surface area contributed by atoms with Gasteiger partial charge in [-0.05, 0) is 44.1 Å². The molecule has 1 rings (SSSR count). The van der Waals surface area contributed by atoms with Gasteiger partial charge in [-0.3, -0.25) is 4.79 Å². The number of hydroxylamine groups is 1. The molecule has 0 spiro atoms. The topological polar surface area (TPSA) is 48.0 Å². The van der Waals surface area contributed by atoms with Gasteiger partial charge in [0.1, 0.15) is 16.5 Å². The van der Waals surface area contributed by atoms with Gasteiger partial charge in [-0.1, -0.05) is 96.2 Å². The predicted octanol–water partition coefficient (Wildman–Crippen LogP) is 7.42. The van der Waals surface area contributed by atoms with E-state index in [0.717, 1.165) is 63.0 Å². The number of rotatable bonds is 22. The molecule has 35 heavy (non-hydrogen) atoms. The van der Waals surface area contributed by atoms with Crippen molar-refractivity contribution in [3.63, 3.8) is 0 Å². The molecule has 1 aliphatic rings. The van der Waals surface area contributed by atoms with E-state index in [1.54, 1.807) is 11.8 Å². The smallest absolute Gasteiger partial charge is 0.188 e. The average Bonchev–Trinajstić information content (AvgIpc) is 2.85. The Labute approximate surface area is 224 Å². The van der Waals surface area contributed by atoms with Crippen molar-refractivity contribution in [2.24, 2.45) is 0 Å². The standard InChI is InChI=1S/C28H57NO4SSi/c1-4-6-8-10-11-13-15-23-32-25-33-26-19-20-27(35-29(31-3)22-21-26)17-16-24-34-28(30)18-14-12-9-7-5-2/h26-27H,4-25,35H2,1-3H3. The highest BCUT2D eigenvalue weighted by atomic mass is 32.2. The van der Waals surface area contributed by atoms with Crippen molar-refractivity contribution >= 4 is 26.6 Å². The SMILES string of the molecule is CCCCCCCCCOCOC1CCC(CCCSC(=O)CCCCCCC)[SiH2]N(OC)CC1. The summed E-state index contributed by atoms with van der Waals surface area (Å²) in [6, 6.07) is 0. The quantitative estimate of drug-likeness (QED) is 0.0823. The van der Waals surface area contributed by atoms with E-state index < -0.39 is 9.68 Å². The molecule has 2 atom stereocenters. The number of carbonyl (C=O) groups is 1. The fraction of sp³-hybridized carbons (Fsp3) is 0.964. The largest absolute Gasteiger partial charge is 0.355 e. The molecule has 1 fully saturated rings. The van der Waals surface area contributed by atoms with E-state index in [2.05, 4.69) is 18.6 Å². The lowest BCUT2D eigenvalue weighted by Gasteiger charge is -2.31. The van der Waals surface area contributed by atoms with E-state index in [4.69, 9.17) is 14.3 Å². The summed E-state index contributed by atoms with van der Waals surface area (Å²) in [6.45, 7) is 6.70. The molecule has 2 unspecified atom stereocenters. The highest BCUT2D eigenvalue weighted by Gasteiger charge is 2.22. The zero-order valence-electron chi connectivity index (χ0n) is 23.4. The van der Waals surface area contributed by atoms with Crippen LogP contribution in [0.25, 0.3) is 0 Å². The average molecular weight is 532 g/mol. The third kappa shape index (κ3) is 19.8. The van der Waals surface area contributed by atoms with Crippen molar-refractivity contribution < 1.29 is 19.1 Å². The van der Waals surface area contributed by atoms with Crippen LogP contribution in [0, 0.1) is 0 Å². The van der Waals surface area contributed by atoms with E-state index >= 15 is 0 Å². The molecule has 7 heteroatoms. The first kappa shape index (κ1) is 33.1. The molecule has 1 heterocycles. The van der Waals surface area contributed by atoms with E-state index in [-0.39, 0.29) is 6.10 Å². The molecule has 1 saturated heterocycles. The van der Waals surface area contributed by atoms with Crippen LogP contribution in [0.2, 0.25) is 5.54 Å². The summed E-state index contributed by atoms with van der Waals surface area (Å²) in [5.41, 5.74) is 0.736. The van der Waals surface area contributed by atoms with Gasteiger partial charge in [0, 0.05) is 25.3 Å². The van der Waals surface area contributed by atoms with Gasteiger partial charge >= 0.3 is 0 Å². The van der Waals surface area contributed by atoms with Crippen molar-refractivity contribution in [1.29, 1.82) is 0 Å². The maximum Gasteiger partial charge on any atom is 0.188 e. The summed E-state index contributed by atoms with van der Waals surface area (Å²) >= 11 is 1.56. The molecule has 0 bridgehead atoms. The van der Waals surface area contributed by atoms with E-state index in [9.17, 15) is 4.79 Å². The highest BCUT2D eigenvalue weighted by Crippen LogP contribution is 2.27. The first-order chi connectivity index (χ1) is 17.2. The lowest BCUT2D eigenvalue weighted by molar-refractivity contribution is -0.111. The summed E-state index contributed by atoms with van der Waals surface area (Å²) in [5.74, 6) is 0.970. The molecule has 1 aliphatic heterocycles. The van der Waals surface area contributed by atoms with Crippen LogP contribution in [-0.4, -0.2) is 58.4 Å². The zero-order valence-corrected chi connectivity index (χ0v) is 25.6. The molecule has 208 valence electrons. The maximum atomic E-state index is 12.1. The number of nitrogens with zero attached hydrogens (tertiary/aromatic N) is 1. The first-order valence-electron chi connectivity index (χ1n) is 14.8. The zero-order chi connectivity index (χ0) is 25.4. The van der Waals surface area contributed by atoms with Crippen LogP contribution < -0.4 is 0 Å². The van der Waals surface area contributed by atoms with E-state index in [0.29, 0.717) is 11.9 Å². The van der Waals surface area contributed by atoms with Gasteiger partial charge in [0.25, 0.3) is 0 Å². The summed E-state index contributed by atoms with van der Waals surface area (Å²) in [4.78, 5) is 17.8. The highest BCUT2D eigenvalue weighted by molar-refractivity contribution is 8.13. The lowest BCUT2D eigenvalue weighted by atomic mass is 10.1. The number of thioether (sulfide) groups is 1. The van der Waals surface area contributed by atoms with Gasteiger partial charge in [0.15, 0.2) is 5.12 Å². The third-order valence-electron chi connectivity index (χ3n) is 7.10. The first-order valence-corrected chi connectivity index (χ1v) is 17.3.